The van der Waals surface area contributed by atoms with Crippen LogP contribution in [0.5, 0.6) is 11.5 Å². The first-order valence-corrected chi connectivity index (χ1v) is 16.5. The van der Waals surface area contributed by atoms with Crippen molar-refractivity contribution in [2.45, 2.75) is 6.92 Å². The predicted molar refractivity (Wildman–Crippen MR) is 170 cm³/mol. The largest absolute Gasteiger partial charge is 0.494 e. The summed E-state index contributed by atoms with van der Waals surface area (Å²) in [7, 11) is -1.30. The van der Waals surface area contributed by atoms with Crippen LogP contribution in [0.4, 0.5) is 28.8 Å². The number of nitrogens with one attached hydrogen (secondary N) is 2. The van der Waals surface area contributed by atoms with Gasteiger partial charge in [0.25, 0.3) is 0 Å². The molecule has 0 atom stereocenters. The molecule has 1 fully saturated rings. The minimum absolute atomic E-state index is 0.338. The molecular weight excluding hydrogens is 581 g/mol. The van der Waals surface area contributed by atoms with Crippen LogP contribution in [0.1, 0.15) is 5.56 Å². The molecule has 1 aliphatic heterocycles. The van der Waals surface area contributed by atoms with Crippen LogP contribution in [-0.2, 0) is 9.30 Å². The topological polar surface area (TPSA) is 149 Å². The molecule has 44 heavy (non-hydrogen) atoms. The number of benzene rings is 2. The molecule has 14 heteroatoms. The molecule has 2 N–H and O–H groups in total. The van der Waals surface area contributed by atoms with Crippen molar-refractivity contribution in [3.63, 3.8) is 0 Å². The highest BCUT2D eigenvalue weighted by atomic mass is 31.2. The Bertz CT molecular complexity index is 1850. The van der Waals surface area contributed by atoms with Gasteiger partial charge in [0.05, 0.1) is 37.2 Å². The smallest absolute Gasteiger partial charge is 0.242 e. The van der Waals surface area contributed by atoms with Gasteiger partial charge < -0.3 is 29.5 Å². The van der Waals surface area contributed by atoms with Crippen LogP contribution in [0.2, 0.25) is 0 Å². The molecule has 0 aliphatic carbocycles. The van der Waals surface area contributed by atoms with Crippen molar-refractivity contribution in [1.29, 1.82) is 0 Å². The SMILES string of the molecule is COc1cc(N2CCOCC2)c(-c2cncnc2)cc1Nc1ncc(C)c(Nc2ccc3nccnc3c2OP(C)(C)=O)n1. The molecule has 6 rings (SSSR count). The number of rotatable bonds is 9. The molecular formula is C30H32N9O4P. The zero-order valence-electron chi connectivity index (χ0n) is 24.8. The van der Waals surface area contributed by atoms with Crippen molar-refractivity contribution in [3.8, 4) is 22.6 Å². The van der Waals surface area contributed by atoms with Gasteiger partial charge in [0.1, 0.15) is 23.4 Å². The van der Waals surface area contributed by atoms with E-state index in [1.54, 1.807) is 57.5 Å². The molecule has 0 bridgehead atoms. The highest BCUT2D eigenvalue weighted by Gasteiger charge is 2.22. The number of aromatic nitrogens is 6. The van der Waals surface area contributed by atoms with Gasteiger partial charge in [0.15, 0.2) is 5.75 Å². The number of hydrogen-bond donors (Lipinski definition) is 2. The Morgan fingerprint density at radius 2 is 1.73 bits per heavy atom. The minimum Gasteiger partial charge on any atom is -0.494 e. The fraction of sp³-hybridized carbons (Fsp3) is 0.267. The zero-order chi connectivity index (χ0) is 30.7. The van der Waals surface area contributed by atoms with Crippen LogP contribution < -0.4 is 24.8 Å². The number of morpholine rings is 1. The van der Waals surface area contributed by atoms with Crippen LogP contribution in [0.3, 0.4) is 0 Å². The molecule has 0 saturated carbocycles. The molecule has 0 radical (unpaired) electrons. The lowest BCUT2D eigenvalue weighted by molar-refractivity contribution is 0.122. The second-order valence-electron chi connectivity index (χ2n) is 10.5. The number of hydrogen-bond acceptors (Lipinski definition) is 13. The quantitative estimate of drug-likeness (QED) is 0.204. The summed E-state index contributed by atoms with van der Waals surface area (Å²) >= 11 is 0. The standard InChI is InChI=1S/C30H32N9O4P/c1-19-15-35-30(38-29(19)36-23-6-5-22-27(34-8-7-33-22)28(23)43-44(3,4)40)37-24-13-21(20-16-31-18-32-17-20)25(14-26(24)41-2)39-9-11-42-12-10-39/h5-8,13-18H,9-12H2,1-4H3,(H2,35,36,37,38). The van der Waals surface area contributed by atoms with Gasteiger partial charge in [0.2, 0.25) is 13.3 Å². The van der Waals surface area contributed by atoms with Crippen molar-refractivity contribution >= 4 is 47.2 Å². The van der Waals surface area contributed by atoms with Gasteiger partial charge in [-0.3, -0.25) is 9.55 Å². The van der Waals surface area contributed by atoms with E-state index in [0.29, 0.717) is 58.9 Å². The third-order valence-electron chi connectivity index (χ3n) is 6.92. The normalized spacial score (nSPS) is 13.5. The van der Waals surface area contributed by atoms with E-state index in [2.05, 4.69) is 40.5 Å². The number of ether oxygens (including phenoxy) is 2. The van der Waals surface area contributed by atoms with Crippen molar-refractivity contribution in [3.05, 3.63) is 67.1 Å². The van der Waals surface area contributed by atoms with Crippen LogP contribution in [0.25, 0.3) is 22.2 Å². The fourth-order valence-electron chi connectivity index (χ4n) is 4.87. The maximum Gasteiger partial charge on any atom is 0.242 e. The highest BCUT2D eigenvalue weighted by Crippen LogP contribution is 2.45. The Kier molecular flexibility index (Phi) is 8.23. The first-order valence-electron chi connectivity index (χ1n) is 13.9. The summed E-state index contributed by atoms with van der Waals surface area (Å²) in [6.45, 7) is 7.79. The van der Waals surface area contributed by atoms with Gasteiger partial charge in [0, 0.05) is 85.8 Å². The Morgan fingerprint density at radius 1 is 0.955 bits per heavy atom. The average molecular weight is 614 g/mol. The van der Waals surface area contributed by atoms with E-state index in [9.17, 15) is 4.57 Å². The van der Waals surface area contributed by atoms with E-state index in [1.165, 1.54) is 6.33 Å². The van der Waals surface area contributed by atoms with E-state index < -0.39 is 7.37 Å². The van der Waals surface area contributed by atoms with Gasteiger partial charge in [-0.1, -0.05) is 0 Å². The Hall–Kier alpha value is -4.87. The molecule has 0 unspecified atom stereocenters. The van der Waals surface area contributed by atoms with Gasteiger partial charge in [-0.05, 0) is 25.1 Å². The van der Waals surface area contributed by atoms with Gasteiger partial charge in [-0.15, -0.1) is 0 Å². The van der Waals surface area contributed by atoms with Crippen molar-refractivity contribution < 1.29 is 18.6 Å². The molecule has 226 valence electrons. The van der Waals surface area contributed by atoms with Crippen LogP contribution in [0.15, 0.2) is 61.6 Å². The third kappa shape index (κ3) is 6.38. The van der Waals surface area contributed by atoms with Crippen LogP contribution in [-0.4, -0.2) is 76.6 Å². The molecule has 1 saturated heterocycles. The lowest BCUT2D eigenvalue weighted by Gasteiger charge is -2.31. The monoisotopic (exact) mass is 613 g/mol. The first kappa shape index (κ1) is 29.2. The molecule has 0 spiro atoms. The zero-order valence-corrected chi connectivity index (χ0v) is 25.7. The summed E-state index contributed by atoms with van der Waals surface area (Å²) < 4.78 is 30.0. The Balaban J connectivity index is 1.37. The minimum atomic E-state index is -2.93. The summed E-state index contributed by atoms with van der Waals surface area (Å²) in [4.78, 5) is 28.8. The van der Waals surface area contributed by atoms with E-state index in [1.807, 2.05) is 25.1 Å². The molecule has 2 aromatic carbocycles. The number of aryl methyl sites for hydroxylation is 1. The molecule has 4 heterocycles. The fourth-order valence-corrected chi connectivity index (χ4v) is 5.49. The molecule has 5 aromatic rings. The van der Waals surface area contributed by atoms with Gasteiger partial charge in [-0.25, -0.2) is 19.9 Å². The van der Waals surface area contributed by atoms with Crippen molar-refractivity contribution in [1.82, 2.24) is 29.9 Å². The maximum atomic E-state index is 12.7. The highest BCUT2D eigenvalue weighted by molar-refractivity contribution is 7.57. The number of methoxy groups -OCH3 is 1. The van der Waals surface area contributed by atoms with Gasteiger partial charge >= 0.3 is 0 Å². The third-order valence-corrected chi connectivity index (χ3v) is 7.54. The number of anilines is 5. The van der Waals surface area contributed by atoms with E-state index in [0.717, 1.165) is 35.5 Å². The van der Waals surface area contributed by atoms with Gasteiger partial charge in [-0.2, -0.15) is 4.98 Å². The Labute approximate surface area is 254 Å². The summed E-state index contributed by atoms with van der Waals surface area (Å²) in [6, 6.07) is 7.61. The van der Waals surface area contributed by atoms with E-state index in [4.69, 9.17) is 19.0 Å². The lowest BCUT2D eigenvalue weighted by Crippen LogP contribution is -2.36. The van der Waals surface area contributed by atoms with Crippen LogP contribution in [0, 0.1) is 6.92 Å². The van der Waals surface area contributed by atoms with Crippen molar-refractivity contribution in [2.24, 2.45) is 0 Å². The molecule has 1 aliphatic rings. The van der Waals surface area contributed by atoms with E-state index in [-0.39, 0.29) is 0 Å². The summed E-state index contributed by atoms with van der Waals surface area (Å²) in [5, 5.41) is 6.66. The second kappa shape index (κ2) is 12.4. The van der Waals surface area contributed by atoms with E-state index >= 15 is 0 Å². The Morgan fingerprint density at radius 3 is 2.48 bits per heavy atom. The molecule has 13 nitrogen and oxygen atoms in total. The maximum absolute atomic E-state index is 12.7. The average Bonchev–Trinajstić information content (AvgIpc) is 3.03. The second-order valence-corrected chi connectivity index (χ2v) is 13.2. The number of fused-ring (bicyclic) bond motifs is 1. The predicted octanol–water partition coefficient (Wildman–Crippen LogP) is 5.43. The summed E-state index contributed by atoms with van der Waals surface area (Å²) in [5.74, 6) is 1.83. The summed E-state index contributed by atoms with van der Waals surface area (Å²) in [6.07, 6.45) is 9.96. The number of nitrogens with zero attached hydrogens (tertiary/aromatic N) is 7. The molecule has 0 amide bonds. The lowest BCUT2D eigenvalue weighted by atomic mass is 10.0. The first-order chi connectivity index (χ1) is 21.3. The van der Waals surface area contributed by atoms with Crippen LogP contribution >= 0.6 is 7.37 Å². The molecule has 3 aromatic heterocycles. The summed E-state index contributed by atoms with van der Waals surface area (Å²) in [5.41, 5.74) is 5.91. The van der Waals surface area contributed by atoms with Crippen molar-refractivity contribution in [2.75, 3.05) is 62.3 Å².